The van der Waals surface area contributed by atoms with E-state index in [1.165, 1.54) is 6.26 Å². The Bertz CT molecular complexity index is 546. The molecule has 0 radical (unpaired) electrons. The van der Waals surface area contributed by atoms with Gasteiger partial charge in [-0.1, -0.05) is 13.8 Å². The molecule has 1 N–H and O–H groups in total. The molecule has 0 aromatic carbocycles. The van der Waals surface area contributed by atoms with Gasteiger partial charge in [-0.2, -0.15) is 0 Å². The van der Waals surface area contributed by atoms with Gasteiger partial charge in [0.2, 0.25) is 0 Å². The van der Waals surface area contributed by atoms with Gasteiger partial charge in [-0.25, -0.2) is 0 Å². The van der Waals surface area contributed by atoms with E-state index >= 15 is 0 Å². The largest absolute Gasteiger partial charge is 0.459 e. The summed E-state index contributed by atoms with van der Waals surface area (Å²) < 4.78 is 5.02. The lowest BCUT2D eigenvalue weighted by molar-refractivity contribution is 0.0996. The van der Waals surface area contributed by atoms with E-state index in [1.807, 2.05) is 6.07 Å². The van der Waals surface area contributed by atoms with Crippen LogP contribution in [0.2, 0.25) is 0 Å². The zero-order valence-electron chi connectivity index (χ0n) is 12.4. The van der Waals surface area contributed by atoms with Crippen molar-refractivity contribution in [2.24, 2.45) is 0 Å². The highest BCUT2D eigenvalue weighted by atomic mass is 16.3. The molecule has 0 fully saturated rings. The lowest BCUT2D eigenvalue weighted by atomic mass is 10.3. The Labute approximate surface area is 124 Å². The second-order valence-corrected chi connectivity index (χ2v) is 4.70. The summed E-state index contributed by atoms with van der Waals surface area (Å²) in [6.45, 7) is 6.16. The fraction of sp³-hybridized carbons (Fsp3) is 0.400. The first kappa shape index (κ1) is 15.0. The predicted molar refractivity (Wildman–Crippen MR) is 81.5 cm³/mol. The maximum atomic E-state index is 11.8. The van der Waals surface area contributed by atoms with Crippen molar-refractivity contribution in [2.45, 2.75) is 26.7 Å². The fourth-order valence-corrected chi connectivity index (χ4v) is 2.03. The van der Waals surface area contributed by atoms with Crippen LogP contribution in [0.25, 0.3) is 0 Å². The van der Waals surface area contributed by atoms with Crippen molar-refractivity contribution in [1.82, 2.24) is 10.2 Å². The number of carbonyl (C=O) groups is 1. The predicted octanol–water partition coefficient (Wildman–Crippen LogP) is 2.95. The Morgan fingerprint density at radius 3 is 2.48 bits per heavy atom. The molecule has 0 atom stereocenters. The molecule has 6 nitrogen and oxygen atoms in total. The monoisotopic (exact) mass is 288 g/mol. The summed E-state index contributed by atoms with van der Waals surface area (Å²) in [6, 6.07) is 6.88. The Balaban J connectivity index is 2.02. The third-order valence-corrected chi connectivity index (χ3v) is 2.95. The lowest BCUT2D eigenvalue weighted by Crippen LogP contribution is -2.26. The molecule has 112 valence electrons. The summed E-state index contributed by atoms with van der Waals surface area (Å²) in [7, 11) is 0. The zero-order chi connectivity index (χ0) is 15.1. The van der Waals surface area contributed by atoms with Crippen molar-refractivity contribution in [1.29, 1.82) is 0 Å². The Morgan fingerprint density at radius 2 is 1.95 bits per heavy atom. The van der Waals surface area contributed by atoms with Gasteiger partial charge in [0.1, 0.15) is 0 Å². The number of carbonyl (C=O) groups excluding carboxylic acids is 1. The molecule has 1 amide bonds. The minimum atomic E-state index is -0.332. The average Bonchev–Trinajstić information content (AvgIpc) is 3.02. The molecule has 2 aromatic rings. The molecular weight excluding hydrogens is 268 g/mol. The van der Waals surface area contributed by atoms with Gasteiger partial charge in [0.05, 0.1) is 6.26 Å². The number of nitrogens with one attached hydrogen (secondary N) is 1. The van der Waals surface area contributed by atoms with Crippen molar-refractivity contribution < 1.29 is 9.21 Å². The van der Waals surface area contributed by atoms with Crippen LogP contribution in [0.4, 0.5) is 11.6 Å². The maximum absolute atomic E-state index is 11.8. The van der Waals surface area contributed by atoms with Gasteiger partial charge in [-0.05, 0) is 37.1 Å². The van der Waals surface area contributed by atoms with Gasteiger partial charge in [-0.15, -0.1) is 10.2 Å². The number of anilines is 2. The van der Waals surface area contributed by atoms with Gasteiger partial charge in [0, 0.05) is 13.1 Å². The van der Waals surface area contributed by atoms with Crippen LogP contribution in [0.3, 0.4) is 0 Å². The molecule has 0 aliphatic rings. The van der Waals surface area contributed by atoms with E-state index in [4.69, 9.17) is 4.42 Å². The third-order valence-electron chi connectivity index (χ3n) is 2.95. The highest BCUT2D eigenvalue weighted by Gasteiger charge is 2.11. The van der Waals surface area contributed by atoms with Crippen LogP contribution in [-0.2, 0) is 0 Å². The smallest absolute Gasteiger partial charge is 0.292 e. The molecule has 0 saturated heterocycles. The molecule has 0 unspecified atom stereocenters. The molecule has 0 saturated carbocycles. The minimum absolute atomic E-state index is 0.250. The Morgan fingerprint density at radius 1 is 1.19 bits per heavy atom. The van der Waals surface area contributed by atoms with Crippen molar-refractivity contribution in [3.05, 3.63) is 36.3 Å². The zero-order valence-corrected chi connectivity index (χ0v) is 12.4. The van der Waals surface area contributed by atoms with Gasteiger partial charge in [-0.3, -0.25) is 4.79 Å². The van der Waals surface area contributed by atoms with Crippen LogP contribution in [-0.4, -0.2) is 29.2 Å². The number of nitrogens with zero attached hydrogens (tertiary/aromatic N) is 3. The Kier molecular flexibility index (Phi) is 5.31. The number of furan rings is 1. The molecule has 2 rings (SSSR count). The first-order chi connectivity index (χ1) is 10.2. The van der Waals surface area contributed by atoms with Crippen molar-refractivity contribution in [3.63, 3.8) is 0 Å². The molecule has 0 aliphatic heterocycles. The maximum Gasteiger partial charge on any atom is 0.292 e. The minimum Gasteiger partial charge on any atom is -0.459 e. The second kappa shape index (κ2) is 7.42. The summed E-state index contributed by atoms with van der Waals surface area (Å²) in [5.74, 6) is 1.16. The summed E-state index contributed by atoms with van der Waals surface area (Å²) in [5, 5.41) is 10.9. The molecule has 0 aliphatic carbocycles. The summed E-state index contributed by atoms with van der Waals surface area (Å²) >= 11 is 0. The van der Waals surface area contributed by atoms with Gasteiger partial charge >= 0.3 is 0 Å². The van der Waals surface area contributed by atoms with Crippen molar-refractivity contribution in [3.8, 4) is 0 Å². The van der Waals surface area contributed by atoms with E-state index in [1.54, 1.807) is 18.2 Å². The number of hydrogen-bond acceptors (Lipinski definition) is 5. The molecule has 0 bridgehead atoms. The van der Waals surface area contributed by atoms with E-state index in [0.717, 1.165) is 31.7 Å². The van der Waals surface area contributed by atoms with Crippen LogP contribution in [0.1, 0.15) is 37.2 Å². The summed E-state index contributed by atoms with van der Waals surface area (Å²) in [6.07, 6.45) is 3.56. The molecule has 2 aromatic heterocycles. The molecule has 21 heavy (non-hydrogen) atoms. The summed E-state index contributed by atoms with van der Waals surface area (Å²) in [4.78, 5) is 14.0. The normalized spacial score (nSPS) is 10.4. The Hall–Kier alpha value is -2.37. The van der Waals surface area contributed by atoms with Gasteiger partial charge in [0.15, 0.2) is 17.4 Å². The number of amides is 1. The van der Waals surface area contributed by atoms with Crippen LogP contribution >= 0.6 is 0 Å². The second-order valence-electron chi connectivity index (χ2n) is 4.70. The van der Waals surface area contributed by atoms with Crippen molar-refractivity contribution >= 4 is 17.5 Å². The van der Waals surface area contributed by atoms with E-state index in [2.05, 4.69) is 34.3 Å². The van der Waals surface area contributed by atoms with E-state index in [-0.39, 0.29) is 11.7 Å². The van der Waals surface area contributed by atoms with E-state index in [9.17, 15) is 4.79 Å². The van der Waals surface area contributed by atoms with Crippen LogP contribution in [0, 0.1) is 0 Å². The van der Waals surface area contributed by atoms with Crippen molar-refractivity contribution in [2.75, 3.05) is 23.3 Å². The first-order valence-corrected chi connectivity index (χ1v) is 7.18. The van der Waals surface area contributed by atoms with Crippen LogP contribution in [0.15, 0.2) is 34.9 Å². The quantitative estimate of drug-likeness (QED) is 0.848. The first-order valence-electron chi connectivity index (χ1n) is 7.18. The topological polar surface area (TPSA) is 71.3 Å². The highest BCUT2D eigenvalue weighted by molar-refractivity contribution is 6.01. The van der Waals surface area contributed by atoms with Gasteiger partial charge < -0.3 is 14.6 Å². The van der Waals surface area contributed by atoms with Crippen LogP contribution < -0.4 is 10.2 Å². The standard InChI is InChI=1S/C15H20N4O2/c1-3-9-19(10-4-2)14-8-7-13(17-18-14)16-15(20)12-6-5-11-21-12/h5-8,11H,3-4,9-10H2,1-2H3,(H,16,17,20). The van der Waals surface area contributed by atoms with E-state index < -0.39 is 0 Å². The van der Waals surface area contributed by atoms with E-state index in [0.29, 0.717) is 5.82 Å². The molecule has 2 heterocycles. The third kappa shape index (κ3) is 4.05. The van der Waals surface area contributed by atoms with Gasteiger partial charge in [0.25, 0.3) is 5.91 Å². The number of aromatic nitrogens is 2. The average molecular weight is 288 g/mol. The lowest BCUT2D eigenvalue weighted by Gasteiger charge is -2.21. The molecular formula is C15H20N4O2. The fourth-order valence-electron chi connectivity index (χ4n) is 2.03. The highest BCUT2D eigenvalue weighted by Crippen LogP contribution is 2.13. The molecule has 6 heteroatoms. The number of hydrogen-bond donors (Lipinski definition) is 1. The summed E-state index contributed by atoms with van der Waals surface area (Å²) in [5.41, 5.74) is 0. The number of rotatable bonds is 7. The van der Waals surface area contributed by atoms with Crippen LogP contribution in [0.5, 0.6) is 0 Å². The SMILES string of the molecule is CCCN(CCC)c1ccc(NC(=O)c2ccco2)nn1. The molecule has 0 spiro atoms.